The van der Waals surface area contributed by atoms with Crippen LogP contribution in [0, 0.1) is 28.4 Å². The number of nitriles is 1. The zero-order chi connectivity index (χ0) is 15.4. The Morgan fingerprint density at radius 2 is 2.00 bits per heavy atom. The number of nitro benzene ring substituents is 1. The minimum atomic E-state index is -0.514. The van der Waals surface area contributed by atoms with Crippen LogP contribution < -0.4 is 5.32 Å². The molecule has 0 aliphatic rings. The second-order valence-electron chi connectivity index (χ2n) is 4.37. The lowest BCUT2D eigenvalue weighted by Crippen LogP contribution is -2.14. The highest BCUT2D eigenvalue weighted by Gasteiger charge is 2.14. The first kappa shape index (κ1) is 14.2. The molecule has 6 heteroatoms. The van der Waals surface area contributed by atoms with Crippen molar-refractivity contribution >= 4 is 17.3 Å². The highest BCUT2D eigenvalue weighted by atomic mass is 16.6. The summed E-state index contributed by atoms with van der Waals surface area (Å²) in [6, 6.07) is 12.6. The van der Waals surface area contributed by atoms with E-state index < -0.39 is 10.8 Å². The summed E-state index contributed by atoms with van der Waals surface area (Å²) in [6.07, 6.45) is 0. The van der Waals surface area contributed by atoms with Crippen molar-refractivity contribution in [1.29, 1.82) is 5.26 Å². The van der Waals surface area contributed by atoms with Gasteiger partial charge >= 0.3 is 0 Å². The summed E-state index contributed by atoms with van der Waals surface area (Å²) < 4.78 is 0. The minimum Gasteiger partial charge on any atom is -0.321 e. The average Bonchev–Trinajstić information content (AvgIpc) is 2.47. The summed E-state index contributed by atoms with van der Waals surface area (Å²) in [5.74, 6) is -0.412. The maximum Gasteiger partial charge on any atom is 0.269 e. The van der Waals surface area contributed by atoms with Gasteiger partial charge in [-0.15, -0.1) is 0 Å². The zero-order valence-electron chi connectivity index (χ0n) is 11.2. The Morgan fingerprint density at radius 3 is 2.62 bits per heavy atom. The smallest absolute Gasteiger partial charge is 0.269 e. The molecular weight excluding hydrogens is 270 g/mol. The van der Waals surface area contributed by atoms with Crippen LogP contribution in [0.2, 0.25) is 0 Å². The van der Waals surface area contributed by atoms with Gasteiger partial charge in [0.05, 0.1) is 16.2 Å². The first-order valence-electron chi connectivity index (χ1n) is 6.08. The largest absolute Gasteiger partial charge is 0.321 e. The van der Waals surface area contributed by atoms with Gasteiger partial charge < -0.3 is 5.32 Å². The lowest BCUT2D eigenvalue weighted by molar-refractivity contribution is -0.384. The summed E-state index contributed by atoms with van der Waals surface area (Å²) in [4.78, 5) is 22.4. The number of anilines is 1. The number of hydrogen-bond donors (Lipinski definition) is 1. The Morgan fingerprint density at radius 1 is 1.29 bits per heavy atom. The molecule has 2 aromatic carbocycles. The van der Waals surface area contributed by atoms with Crippen molar-refractivity contribution in [2.75, 3.05) is 5.32 Å². The molecule has 0 saturated heterocycles. The molecule has 1 N–H and O–H groups in total. The fourth-order valence-corrected chi connectivity index (χ4v) is 1.90. The van der Waals surface area contributed by atoms with Gasteiger partial charge in [-0.3, -0.25) is 14.9 Å². The molecule has 0 aliphatic carbocycles. The second kappa shape index (κ2) is 5.84. The number of hydrogen-bond acceptors (Lipinski definition) is 4. The van der Waals surface area contributed by atoms with E-state index in [9.17, 15) is 14.9 Å². The van der Waals surface area contributed by atoms with Crippen molar-refractivity contribution in [3.8, 4) is 6.07 Å². The Hall–Kier alpha value is -3.20. The van der Waals surface area contributed by atoms with E-state index in [1.165, 1.54) is 18.2 Å². The molecule has 1 amide bonds. The van der Waals surface area contributed by atoms with Gasteiger partial charge in [0.15, 0.2) is 0 Å². The van der Waals surface area contributed by atoms with Gasteiger partial charge in [-0.25, -0.2) is 0 Å². The molecule has 0 bridgehead atoms. The molecule has 6 nitrogen and oxygen atoms in total. The van der Waals surface area contributed by atoms with Crippen molar-refractivity contribution in [2.24, 2.45) is 0 Å². The number of rotatable bonds is 3. The van der Waals surface area contributed by atoms with E-state index in [1.807, 2.05) is 6.07 Å². The molecular formula is C15H11N3O3. The van der Waals surface area contributed by atoms with E-state index in [-0.39, 0.29) is 5.69 Å². The van der Waals surface area contributed by atoms with Crippen molar-refractivity contribution < 1.29 is 9.72 Å². The monoisotopic (exact) mass is 281 g/mol. The van der Waals surface area contributed by atoms with Crippen LogP contribution in [0.3, 0.4) is 0 Å². The van der Waals surface area contributed by atoms with Crippen LogP contribution in [0.1, 0.15) is 21.5 Å². The summed E-state index contributed by atoms with van der Waals surface area (Å²) in [7, 11) is 0. The van der Waals surface area contributed by atoms with Crippen LogP contribution in [0.25, 0.3) is 0 Å². The van der Waals surface area contributed by atoms with Gasteiger partial charge in [-0.05, 0) is 30.7 Å². The van der Waals surface area contributed by atoms with Gasteiger partial charge in [0.1, 0.15) is 6.07 Å². The molecule has 0 heterocycles. The molecule has 21 heavy (non-hydrogen) atoms. The van der Waals surface area contributed by atoms with Crippen LogP contribution in [0.4, 0.5) is 11.4 Å². The van der Waals surface area contributed by atoms with Crippen molar-refractivity contribution in [2.45, 2.75) is 6.92 Å². The number of amides is 1. The van der Waals surface area contributed by atoms with E-state index >= 15 is 0 Å². The number of nitro groups is 1. The van der Waals surface area contributed by atoms with E-state index in [4.69, 9.17) is 5.26 Å². The predicted octanol–water partition coefficient (Wildman–Crippen LogP) is 3.03. The first-order chi connectivity index (χ1) is 10.0. The molecule has 0 unspecified atom stereocenters. The van der Waals surface area contributed by atoms with E-state index in [2.05, 4.69) is 5.32 Å². The van der Waals surface area contributed by atoms with Crippen LogP contribution in [0.15, 0.2) is 42.5 Å². The fraction of sp³-hybridized carbons (Fsp3) is 0.0667. The normalized spacial score (nSPS) is 9.71. The number of para-hydroxylation sites is 1. The summed E-state index contributed by atoms with van der Waals surface area (Å²) in [5.41, 5.74) is 1.51. The lowest BCUT2D eigenvalue weighted by Gasteiger charge is -2.08. The highest BCUT2D eigenvalue weighted by molar-refractivity contribution is 6.06. The quantitative estimate of drug-likeness (QED) is 0.690. The van der Waals surface area contributed by atoms with Gasteiger partial charge in [-0.1, -0.05) is 12.1 Å². The molecule has 104 valence electrons. The predicted molar refractivity (Wildman–Crippen MR) is 76.9 cm³/mol. The maximum atomic E-state index is 12.2. The molecule has 0 atom stereocenters. The molecule has 2 aromatic rings. The average molecular weight is 281 g/mol. The van der Waals surface area contributed by atoms with Crippen molar-refractivity contribution in [3.05, 3.63) is 69.3 Å². The number of carbonyl (C=O) groups excluding carboxylic acids is 1. The Balaban J connectivity index is 2.29. The third-order valence-corrected chi connectivity index (χ3v) is 2.96. The molecule has 2 rings (SSSR count). The maximum absolute atomic E-state index is 12.2. The highest BCUT2D eigenvalue weighted by Crippen LogP contribution is 2.20. The number of aryl methyl sites for hydroxylation is 1. The molecule has 0 spiro atoms. The van der Waals surface area contributed by atoms with Gasteiger partial charge in [0.25, 0.3) is 11.6 Å². The number of carbonyl (C=O) groups is 1. The van der Waals surface area contributed by atoms with Gasteiger partial charge in [0, 0.05) is 17.7 Å². The van der Waals surface area contributed by atoms with E-state index in [0.717, 1.165) is 0 Å². The zero-order valence-corrected chi connectivity index (χ0v) is 11.2. The standard InChI is InChI=1S/C15H11N3O3/c1-10-8-12(18(20)21)6-7-13(10)15(19)17-14-5-3-2-4-11(14)9-16/h2-8H,1H3,(H,17,19). The number of benzene rings is 2. The summed E-state index contributed by atoms with van der Waals surface area (Å²) >= 11 is 0. The molecule has 0 fully saturated rings. The SMILES string of the molecule is Cc1cc([N+](=O)[O-])ccc1C(=O)Nc1ccccc1C#N. The summed E-state index contributed by atoms with van der Waals surface area (Å²) in [5, 5.41) is 22.3. The van der Waals surface area contributed by atoms with Crippen LogP contribution in [0.5, 0.6) is 0 Å². The van der Waals surface area contributed by atoms with Gasteiger partial charge in [0.2, 0.25) is 0 Å². The third-order valence-electron chi connectivity index (χ3n) is 2.96. The Bertz CT molecular complexity index is 763. The van der Waals surface area contributed by atoms with Gasteiger partial charge in [-0.2, -0.15) is 5.26 Å². The third kappa shape index (κ3) is 3.04. The molecule has 0 aromatic heterocycles. The van der Waals surface area contributed by atoms with Crippen LogP contribution in [-0.2, 0) is 0 Å². The van der Waals surface area contributed by atoms with Crippen molar-refractivity contribution in [1.82, 2.24) is 0 Å². The number of nitrogens with one attached hydrogen (secondary N) is 1. The summed E-state index contributed by atoms with van der Waals surface area (Å²) in [6.45, 7) is 1.62. The van der Waals surface area contributed by atoms with Crippen LogP contribution in [-0.4, -0.2) is 10.8 Å². The number of non-ortho nitro benzene ring substituents is 1. The lowest BCUT2D eigenvalue weighted by atomic mass is 10.1. The van der Waals surface area contributed by atoms with E-state index in [0.29, 0.717) is 22.4 Å². The second-order valence-corrected chi connectivity index (χ2v) is 4.37. The molecule has 0 aliphatic heterocycles. The molecule has 0 saturated carbocycles. The Kier molecular flexibility index (Phi) is 3.95. The molecule has 0 radical (unpaired) electrons. The van der Waals surface area contributed by atoms with Crippen LogP contribution >= 0.6 is 0 Å². The first-order valence-corrected chi connectivity index (χ1v) is 6.08. The van der Waals surface area contributed by atoms with E-state index in [1.54, 1.807) is 31.2 Å². The van der Waals surface area contributed by atoms with Crippen molar-refractivity contribution in [3.63, 3.8) is 0 Å². The minimum absolute atomic E-state index is 0.0681. The topological polar surface area (TPSA) is 96.0 Å². The Labute approximate surface area is 120 Å². The fourth-order valence-electron chi connectivity index (χ4n) is 1.90. The number of nitrogens with zero attached hydrogens (tertiary/aromatic N) is 2.